The summed E-state index contributed by atoms with van der Waals surface area (Å²) in [7, 11) is 1.69. The third-order valence-corrected chi connectivity index (χ3v) is 4.89. The van der Waals surface area contributed by atoms with Crippen molar-refractivity contribution in [1.29, 1.82) is 0 Å². The van der Waals surface area contributed by atoms with Crippen LogP contribution in [0.15, 0.2) is 22.7 Å². The van der Waals surface area contributed by atoms with E-state index in [9.17, 15) is 0 Å². The maximum atomic E-state index is 6.08. The number of rotatable bonds is 4. The Morgan fingerprint density at radius 1 is 1.10 bits per heavy atom. The highest BCUT2D eigenvalue weighted by Gasteiger charge is 2.35. The zero-order valence-corrected chi connectivity index (χ0v) is 13.6. The molecule has 1 aromatic carbocycles. The van der Waals surface area contributed by atoms with E-state index in [-0.39, 0.29) is 0 Å². The van der Waals surface area contributed by atoms with Gasteiger partial charge in [-0.1, -0.05) is 22.4 Å². The zero-order valence-electron chi connectivity index (χ0n) is 12.0. The molecule has 0 aromatic heterocycles. The molecule has 1 heterocycles. The summed E-state index contributed by atoms with van der Waals surface area (Å²) in [6, 6.07) is 6.67. The van der Waals surface area contributed by atoms with Gasteiger partial charge in [0, 0.05) is 23.4 Å². The quantitative estimate of drug-likeness (QED) is 0.831. The van der Waals surface area contributed by atoms with Crippen molar-refractivity contribution >= 4 is 15.9 Å². The Bertz CT molecular complexity index is 454. The Morgan fingerprint density at radius 2 is 1.85 bits per heavy atom. The van der Waals surface area contributed by atoms with Crippen molar-refractivity contribution in [1.82, 2.24) is 4.90 Å². The predicted molar refractivity (Wildman–Crippen MR) is 83.6 cm³/mol. The van der Waals surface area contributed by atoms with Crippen LogP contribution in [0.3, 0.4) is 0 Å². The van der Waals surface area contributed by atoms with Crippen molar-refractivity contribution in [3.05, 3.63) is 22.7 Å². The second-order valence-electron chi connectivity index (χ2n) is 5.76. The molecule has 1 saturated carbocycles. The molecule has 2 fully saturated rings. The minimum absolute atomic E-state index is 0.344. The van der Waals surface area contributed by atoms with E-state index in [1.54, 1.807) is 7.11 Å². The maximum Gasteiger partial charge on any atom is 0.161 e. The van der Waals surface area contributed by atoms with Crippen LogP contribution in [0, 0.1) is 0 Å². The normalized spacial score (nSPS) is 26.9. The number of methoxy groups -OCH3 is 1. The lowest BCUT2D eigenvalue weighted by molar-refractivity contribution is 0.00777. The van der Waals surface area contributed by atoms with E-state index in [2.05, 4.69) is 20.8 Å². The Morgan fingerprint density at radius 3 is 2.55 bits per heavy atom. The van der Waals surface area contributed by atoms with Crippen LogP contribution in [0.4, 0.5) is 0 Å². The summed E-state index contributed by atoms with van der Waals surface area (Å²) in [5.41, 5.74) is 0. The highest BCUT2D eigenvalue weighted by molar-refractivity contribution is 9.10. The van der Waals surface area contributed by atoms with Crippen LogP contribution in [-0.4, -0.2) is 37.2 Å². The van der Waals surface area contributed by atoms with Crippen LogP contribution < -0.4 is 9.47 Å². The molecule has 4 heteroatoms. The SMILES string of the molecule is COc1cc(Br)ccc1OC1CC(N2CCCCC2)C1. The van der Waals surface area contributed by atoms with Gasteiger partial charge in [0.25, 0.3) is 0 Å². The first-order valence-electron chi connectivity index (χ1n) is 7.50. The Labute approximate surface area is 129 Å². The van der Waals surface area contributed by atoms with Gasteiger partial charge in [-0.05, 0) is 44.1 Å². The van der Waals surface area contributed by atoms with Crippen molar-refractivity contribution in [2.75, 3.05) is 20.2 Å². The van der Waals surface area contributed by atoms with E-state index in [1.165, 1.54) is 32.4 Å². The molecule has 0 amide bonds. The summed E-state index contributed by atoms with van der Waals surface area (Å²) >= 11 is 3.45. The monoisotopic (exact) mass is 339 g/mol. The highest BCUT2D eigenvalue weighted by Crippen LogP contribution is 2.36. The summed E-state index contributed by atoms with van der Waals surface area (Å²) in [5, 5.41) is 0. The lowest BCUT2D eigenvalue weighted by Crippen LogP contribution is -2.50. The van der Waals surface area contributed by atoms with E-state index in [1.807, 2.05) is 18.2 Å². The van der Waals surface area contributed by atoms with Gasteiger partial charge in [0.05, 0.1) is 7.11 Å². The van der Waals surface area contributed by atoms with Gasteiger partial charge in [0.1, 0.15) is 6.10 Å². The smallest absolute Gasteiger partial charge is 0.161 e. The molecule has 0 N–H and O–H groups in total. The third-order valence-electron chi connectivity index (χ3n) is 4.40. The highest BCUT2D eigenvalue weighted by atomic mass is 79.9. The zero-order chi connectivity index (χ0) is 13.9. The number of ether oxygens (including phenoxy) is 2. The van der Waals surface area contributed by atoms with Crippen LogP contribution in [0.2, 0.25) is 0 Å². The fraction of sp³-hybridized carbons (Fsp3) is 0.625. The summed E-state index contributed by atoms with van der Waals surface area (Å²) < 4.78 is 12.5. The van der Waals surface area contributed by atoms with E-state index in [0.717, 1.165) is 34.9 Å². The second-order valence-corrected chi connectivity index (χ2v) is 6.67. The first-order valence-corrected chi connectivity index (χ1v) is 8.30. The summed E-state index contributed by atoms with van der Waals surface area (Å²) in [4.78, 5) is 2.64. The number of piperidine rings is 1. The standard InChI is InChI=1S/C16H22BrNO2/c1-19-16-9-12(17)5-6-15(16)20-14-10-13(11-14)18-7-3-2-4-8-18/h5-6,9,13-14H,2-4,7-8,10-11H2,1H3. The third kappa shape index (κ3) is 3.12. The van der Waals surface area contributed by atoms with Gasteiger partial charge in [0.2, 0.25) is 0 Å². The van der Waals surface area contributed by atoms with Gasteiger partial charge in [-0.2, -0.15) is 0 Å². The van der Waals surface area contributed by atoms with Crippen molar-refractivity contribution in [3.8, 4) is 11.5 Å². The molecular weight excluding hydrogens is 318 g/mol. The van der Waals surface area contributed by atoms with E-state index >= 15 is 0 Å². The minimum Gasteiger partial charge on any atom is -0.493 e. The average Bonchev–Trinajstić information content (AvgIpc) is 2.44. The van der Waals surface area contributed by atoms with Crippen molar-refractivity contribution in [2.45, 2.75) is 44.2 Å². The van der Waals surface area contributed by atoms with E-state index in [4.69, 9.17) is 9.47 Å². The average molecular weight is 340 g/mol. The Balaban J connectivity index is 1.53. The van der Waals surface area contributed by atoms with E-state index < -0.39 is 0 Å². The first-order chi connectivity index (χ1) is 9.76. The Kier molecular flexibility index (Phi) is 4.51. The van der Waals surface area contributed by atoms with Crippen LogP contribution in [-0.2, 0) is 0 Å². The van der Waals surface area contributed by atoms with Crippen LogP contribution in [0.1, 0.15) is 32.1 Å². The second kappa shape index (κ2) is 6.35. The molecule has 3 nitrogen and oxygen atoms in total. The Hall–Kier alpha value is -0.740. The number of likely N-dealkylation sites (tertiary alicyclic amines) is 1. The van der Waals surface area contributed by atoms with Gasteiger partial charge in [-0.15, -0.1) is 0 Å². The number of nitrogens with zero attached hydrogens (tertiary/aromatic N) is 1. The lowest BCUT2D eigenvalue weighted by Gasteiger charge is -2.44. The van der Waals surface area contributed by atoms with Gasteiger partial charge in [0.15, 0.2) is 11.5 Å². The molecule has 1 aromatic rings. The van der Waals surface area contributed by atoms with Crippen molar-refractivity contribution < 1.29 is 9.47 Å². The van der Waals surface area contributed by atoms with E-state index in [0.29, 0.717) is 6.10 Å². The molecule has 0 unspecified atom stereocenters. The molecule has 0 radical (unpaired) electrons. The largest absolute Gasteiger partial charge is 0.493 e. The molecule has 0 spiro atoms. The number of hydrogen-bond acceptors (Lipinski definition) is 3. The number of hydrogen-bond donors (Lipinski definition) is 0. The molecule has 0 bridgehead atoms. The summed E-state index contributed by atoms with van der Waals surface area (Å²) in [6.45, 7) is 2.55. The first kappa shape index (κ1) is 14.2. The predicted octanol–water partition coefficient (Wildman–Crippen LogP) is 3.85. The molecule has 110 valence electrons. The molecule has 1 aliphatic heterocycles. The summed E-state index contributed by atoms with van der Waals surface area (Å²) in [6.07, 6.45) is 6.78. The summed E-state index contributed by atoms with van der Waals surface area (Å²) in [5.74, 6) is 1.67. The molecule has 2 aliphatic rings. The van der Waals surface area contributed by atoms with Crippen molar-refractivity contribution in [2.24, 2.45) is 0 Å². The van der Waals surface area contributed by atoms with Gasteiger partial charge >= 0.3 is 0 Å². The van der Waals surface area contributed by atoms with Gasteiger partial charge < -0.3 is 14.4 Å². The molecule has 0 atom stereocenters. The lowest BCUT2D eigenvalue weighted by atomic mass is 9.86. The van der Waals surface area contributed by atoms with Crippen molar-refractivity contribution in [3.63, 3.8) is 0 Å². The maximum absolute atomic E-state index is 6.08. The molecule has 1 aliphatic carbocycles. The van der Waals surface area contributed by atoms with Gasteiger partial charge in [-0.25, -0.2) is 0 Å². The topological polar surface area (TPSA) is 21.7 Å². The molecule has 20 heavy (non-hydrogen) atoms. The van der Waals surface area contributed by atoms with Gasteiger partial charge in [-0.3, -0.25) is 0 Å². The number of benzene rings is 1. The number of halogens is 1. The minimum atomic E-state index is 0.344. The fourth-order valence-electron chi connectivity index (χ4n) is 3.13. The molecule has 3 rings (SSSR count). The van der Waals surface area contributed by atoms with Crippen LogP contribution in [0.5, 0.6) is 11.5 Å². The van der Waals surface area contributed by atoms with Crippen LogP contribution in [0.25, 0.3) is 0 Å². The molecule has 1 saturated heterocycles. The van der Waals surface area contributed by atoms with Crippen LogP contribution >= 0.6 is 15.9 Å². The fourth-order valence-corrected chi connectivity index (χ4v) is 3.47. The molecular formula is C16H22BrNO2.